The van der Waals surface area contributed by atoms with Crippen molar-refractivity contribution < 1.29 is 18.1 Å². The first-order valence-corrected chi connectivity index (χ1v) is 10.6. The van der Waals surface area contributed by atoms with Crippen LogP contribution in [0.15, 0.2) is 48.5 Å². The Kier molecular flexibility index (Phi) is 6.05. The number of piperidine rings is 1. The summed E-state index contributed by atoms with van der Waals surface area (Å²) in [5, 5.41) is 13.4. The molecule has 2 aromatic rings. The average Bonchev–Trinajstić information content (AvgIpc) is 2.69. The molecule has 28 heavy (non-hydrogen) atoms. The first kappa shape index (κ1) is 20.0. The second kappa shape index (κ2) is 8.49. The van der Waals surface area contributed by atoms with Crippen LogP contribution in [0.25, 0.3) is 0 Å². The maximum Gasteiger partial charge on any atom is 0.271 e. The van der Waals surface area contributed by atoms with Crippen molar-refractivity contribution >= 4 is 27.3 Å². The highest BCUT2D eigenvalue weighted by Gasteiger charge is 2.24. The molecule has 1 aliphatic heterocycles. The highest BCUT2D eigenvalue weighted by Crippen LogP contribution is 2.19. The van der Waals surface area contributed by atoms with Gasteiger partial charge in [-0.05, 0) is 36.6 Å². The van der Waals surface area contributed by atoms with E-state index >= 15 is 0 Å². The van der Waals surface area contributed by atoms with Crippen LogP contribution in [-0.2, 0) is 15.8 Å². The molecule has 9 heteroatoms. The maximum absolute atomic E-state index is 12.5. The number of nitrogens with zero attached hydrogens (tertiary/aromatic N) is 2. The molecular weight excluding hydrogens is 382 g/mol. The van der Waals surface area contributed by atoms with Crippen LogP contribution in [0.3, 0.4) is 0 Å². The zero-order chi connectivity index (χ0) is 20.1. The Morgan fingerprint density at radius 1 is 1.07 bits per heavy atom. The van der Waals surface area contributed by atoms with Gasteiger partial charge in [-0.25, -0.2) is 12.7 Å². The normalized spacial score (nSPS) is 15.1. The first-order valence-electron chi connectivity index (χ1n) is 8.98. The summed E-state index contributed by atoms with van der Waals surface area (Å²) in [5.74, 6) is -0.523. The van der Waals surface area contributed by atoms with E-state index in [9.17, 15) is 23.3 Å². The number of nitro benzene ring substituents is 1. The Balaban J connectivity index is 1.66. The van der Waals surface area contributed by atoms with Crippen LogP contribution in [0.1, 0.15) is 35.2 Å². The topological polar surface area (TPSA) is 110 Å². The third kappa shape index (κ3) is 4.93. The lowest BCUT2D eigenvalue weighted by Crippen LogP contribution is -2.36. The molecule has 1 aliphatic rings. The van der Waals surface area contributed by atoms with Gasteiger partial charge in [0.25, 0.3) is 11.6 Å². The van der Waals surface area contributed by atoms with Crippen molar-refractivity contribution in [2.75, 3.05) is 18.4 Å². The fourth-order valence-corrected chi connectivity index (χ4v) is 4.71. The number of sulfonamides is 1. The van der Waals surface area contributed by atoms with Crippen LogP contribution >= 0.6 is 0 Å². The molecule has 1 saturated heterocycles. The quantitative estimate of drug-likeness (QED) is 0.588. The molecule has 0 aliphatic carbocycles. The van der Waals surface area contributed by atoms with E-state index in [0.29, 0.717) is 29.9 Å². The molecule has 0 saturated carbocycles. The third-order valence-corrected chi connectivity index (χ3v) is 6.44. The summed E-state index contributed by atoms with van der Waals surface area (Å²) in [6.45, 7) is 1.12. The molecule has 0 atom stereocenters. The molecule has 0 unspecified atom stereocenters. The lowest BCUT2D eigenvalue weighted by Gasteiger charge is -2.25. The van der Waals surface area contributed by atoms with Gasteiger partial charge in [0.05, 0.1) is 10.7 Å². The lowest BCUT2D eigenvalue weighted by molar-refractivity contribution is -0.384. The van der Waals surface area contributed by atoms with Gasteiger partial charge in [0.2, 0.25) is 10.0 Å². The van der Waals surface area contributed by atoms with Gasteiger partial charge in [0.1, 0.15) is 0 Å². The van der Waals surface area contributed by atoms with Gasteiger partial charge in [-0.1, -0.05) is 24.6 Å². The summed E-state index contributed by atoms with van der Waals surface area (Å²) in [5.41, 5.74) is 1.15. The monoisotopic (exact) mass is 403 g/mol. The number of amides is 1. The van der Waals surface area contributed by atoms with E-state index in [2.05, 4.69) is 5.32 Å². The summed E-state index contributed by atoms with van der Waals surface area (Å²) in [4.78, 5) is 22.6. The maximum atomic E-state index is 12.5. The number of carbonyl (C=O) groups excluding carboxylic acids is 1. The minimum Gasteiger partial charge on any atom is -0.322 e. The number of benzene rings is 2. The van der Waals surface area contributed by atoms with Crippen molar-refractivity contribution in [2.24, 2.45) is 0 Å². The summed E-state index contributed by atoms with van der Waals surface area (Å²) in [6, 6.07) is 12.0. The molecule has 1 heterocycles. The molecule has 2 aromatic carbocycles. The van der Waals surface area contributed by atoms with E-state index in [-0.39, 0.29) is 11.4 Å². The number of nitrogens with one attached hydrogen (secondary N) is 1. The molecule has 0 aromatic heterocycles. The summed E-state index contributed by atoms with van der Waals surface area (Å²) >= 11 is 0. The number of carbonyl (C=O) groups is 1. The summed E-state index contributed by atoms with van der Waals surface area (Å²) in [6.07, 6.45) is 2.83. The van der Waals surface area contributed by atoms with Crippen molar-refractivity contribution in [3.8, 4) is 0 Å². The van der Waals surface area contributed by atoms with Crippen molar-refractivity contribution in [3.63, 3.8) is 0 Å². The Hall–Kier alpha value is -2.78. The Morgan fingerprint density at radius 3 is 2.39 bits per heavy atom. The fourth-order valence-electron chi connectivity index (χ4n) is 3.10. The number of hydrogen-bond donors (Lipinski definition) is 1. The highest BCUT2D eigenvalue weighted by atomic mass is 32.2. The number of anilines is 1. The van der Waals surface area contributed by atoms with Gasteiger partial charge < -0.3 is 5.32 Å². The Labute approximate surface area is 163 Å². The van der Waals surface area contributed by atoms with Gasteiger partial charge in [-0.15, -0.1) is 0 Å². The molecule has 1 fully saturated rings. The average molecular weight is 403 g/mol. The molecule has 3 rings (SSSR count). The minimum atomic E-state index is -3.36. The van der Waals surface area contributed by atoms with Crippen LogP contribution in [0.4, 0.5) is 11.4 Å². The van der Waals surface area contributed by atoms with Gasteiger partial charge in [-0.3, -0.25) is 14.9 Å². The minimum absolute atomic E-state index is 0.0974. The first-order chi connectivity index (χ1) is 13.3. The molecular formula is C19H21N3O5S. The van der Waals surface area contributed by atoms with Crippen LogP contribution < -0.4 is 5.32 Å². The number of nitro groups is 1. The van der Waals surface area contributed by atoms with Gasteiger partial charge in [-0.2, -0.15) is 0 Å². The standard InChI is InChI=1S/C19H21N3O5S/c23-19(20-17-5-4-6-18(13-17)22(24)25)16-9-7-15(8-10-16)14-28(26,27)21-11-2-1-3-12-21/h4-10,13H,1-3,11-12,14H2,(H,20,23). The van der Waals surface area contributed by atoms with Crippen LogP contribution in [0.2, 0.25) is 0 Å². The Morgan fingerprint density at radius 2 is 1.75 bits per heavy atom. The molecule has 8 nitrogen and oxygen atoms in total. The van der Waals surface area contributed by atoms with Crippen molar-refractivity contribution in [1.82, 2.24) is 4.31 Å². The predicted molar refractivity (Wildman–Crippen MR) is 106 cm³/mol. The van der Waals surface area contributed by atoms with E-state index in [1.165, 1.54) is 22.5 Å². The van der Waals surface area contributed by atoms with E-state index in [0.717, 1.165) is 19.3 Å². The Bertz CT molecular complexity index is 967. The lowest BCUT2D eigenvalue weighted by atomic mass is 10.1. The van der Waals surface area contributed by atoms with Gasteiger partial charge in [0.15, 0.2) is 0 Å². The number of rotatable bonds is 6. The smallest absolute Gasteiger partial charge is 0.271 e. The van der Waals surface area contributed by atoms with Crippen LogP contribution in [-0.4, -0.2) is 36.6 Å². The van der Waals surface area contributed by atoms with E-state index < -0.39 is 20.9 Å². The van der Waals surface area contributed by atoms with E-state index in [1.54, 1.807) is 30.3 Å². The largest absolute Gasteiger partial charge is 0.322 e. The number of non-ortho nitro benzene ring substituents is 1. The highest BCUT2D eigenvalue weighted by molar-refractivity contribution is 7.88. The molecule has 1 N–H and O–H groups in total. The molecule has 148 valence electrons. The molecule has 0 bridgehead atoms. The van der Waals surface area contributed by atoms with Gasteiger partial charge >= 0.3 is 0 Å². The van der Waals surface area contributed by atoms with Crippen LogP contribution in [0.5, 0.6) is 0 Å². The predicted octanol–water partition coefficient (Wildman–Crippen LogP) is 3.16. The van der Waals surface area contributed by atoms with E-state index in [1.807, 2.05) is 0 Å². The zero-order valence-electron chi connectivity index (χ0n) is 15.2. The summed E-state index contributed by atoms with van der Waals surface area (Å²) in [7, 11) is -3.36. The zero-order valence-corrected chi connectivity index (χ0v) is 16.0. The third-order valence-electron chi connectivity index (χ3n) is 4.59. The van der Waals surface area contributed by atoms with Gasteiger partial charge in [0, 0.05) is 36.5 Å². The molecule has 1 amide bonds. The van der Waals surface area contributed by atoms with Crippen LogP contribution in [0, 0.1) is 10.1 Å². The van der Waals surface area contributed by atoms with Crippen molar-refractivity contribution in [1.29, 1.82) is 0 Å². The number of hydrogen-bond acceptors (Lipinski definition) is 5. The van der Waals surface area contributed by atoms with E-state index in [4.69, 9.17) is 0 Å². The second-order valence-electron chi connectivity index (χ2n) is 6.67. The van der Waals surface area contributed by atoms with Crippen molar-refractivity contribution in [3.05, 3.63) is 69.8 Å². The van der Waals surface area contributed by atoms with Crippen molar-refractivity contribution in [2.45, 2.75) is 25.0 Å². The molecule has 0 radical (unpaired) electrons. The summed E-state index contributed by atoms with van der Waals surface area (Å²) < 4.78 is 26.5. The fraction of sp³-hybridized carbons (Fsp3) is 0.316. The SMILES string of the molecule is O=C(Nc1cccc([N+](=O)[O-])c1)c1ccc(CS(=O)(=O)N2CCCCC2)cc1. The second-order valence-corrected chi connectivity index (χ2v) is 8.64. The molecule has 0 spiro atoms.